The van der Waals surface area contributed by atoms with Crippen LogP contribution in [0.4, 0.5) is 4.39 Å². The second kappa shape index (κ2) is 11.6. The van der Waals surface area contributed by atoms with Crippen LogP contribution in [0.2, 0.25) is 0 Å². The van der Waals surface area contributed by atoms with E-state index < -0.39 is 17.3 Å². The first-order valence-electron chi connectivity index (χ1n) is 13.6. The lowest BCUT2D eigenvalue weighted by molar-refractivity contribution is 0.0903. The van der Waals surface area contributed by atoms with Gasteiger partial charge in [-0.25, -0.2) is 4.39 Å². The van der Waals surface area contributed by atoms with Crippen LogP contribution < -0.4 is 20.1 Å². The number of nitrogens with zero attached hydrogens (tertiary/aromatic N) is 2. The van der Waals surface area contributed by atoms with Gasteiger partial charge in [0, 0.05) is 29.6 Å². The van der Waals surface area contributed by atoms with Crippen LogP contribution in [0.3, 0.4) is 0 Å². The number of hydrogen-bond acceptors (Lipinski definition) is 8. The molecule has 3 aromatic carbocycles. The first kappa shape index (κ1) is 29.3. The average Bonchev–Trinajstić information content (AvgIpc) is 3.65. The third-order valence-corrected chi connectivity index (χ3v) is 6.81. The molecule has 5 rings (SSSR count). The maximum Gasteiger partial charge on any atom is 0.255 e. The minimum Gasteiger partial charge on any atom is -0.496 e. The number of rotatable bonds is 9. The monoisotopic (exact) mass is 586 g/mol. The van der Waals surface area contributed by atoms with Gasteiger partial charge in [-0.05, 0) is 75.7 Å². The molecule has 5 aromatic rings. The Balaban J connectivity index is 1.68. The Morgan fingerprint density at radius 3 is 2.33 bits per heavy atom. The van der Waals surface area contributed by atoms with E-state index in [2.05, 4.69) is 20.8 Å². The molecule has 2 N–H and O–H groups in total. The van der Waals surface area contributed by atoms with E-state index in [-0.39, 0.29) is 23.1 Å². The van der Waals surface area contributed by atoms with E-state index in [1.54, 1.807) is 56.3 Å². The Bertz CT molecular complexity index is 1790. The molecule has 2 heterocycles. The van der Waals surface area contributed by atoms with Gasteiger partial charge in [-0.2, -0.15) is 4.98 Å². The maximum atomic E-state index is 13.7. The normalized spacial score (nSPS) is 11.5. The fraction of sp³-hybridized carbons (Fsp3) is 0.250. The second-order valence-corrected chi connectivity index (χ2v) is 10.7. The van der Waals surface area contributed by atoms with Crippen LogP contribution in [-0.2, 0) is 5.54 Å². The predicted molar refractivity (Wildman–Crippen MR) is 158 cm³/mol. The van der Waals surface area contributed by atoms with Gasteiger partial charge >= 0.3 is 0 Å². The Hall–Kier alpha value is -5.19. The largest absolute Gasteiger partial charge is 0.496 e. The topological polar surface area (TPSA) is 129 Å². The molecule has 0 aliphatic heterocycles. The molecule has 222 valence electrons. The van der Waals surface area contributed by atoms with E-state index in [0.717, 1.165) is 0 Å². The summed E-state index contributed by atoms with van der Waals surface area (Å²) in [7, 11) is 3.00. The molecule has 0 unspecified atom stereocenters. The van der Waals surface area contributed by atoms with Crippen LogP contribution in [0.1, 0.15) is 54.2 Å². The van der Waals surface area contributed by atoms with Gasteiger partial charge in [0.05, 0.1) is 29.9 Å². The molecule has 43 heavy (non-hydrogen) atoms. The summed E-state index contributed by atoms with van der Waals surface area (Å²) in [6, 6.07) is 14.4. The number of aromatic nitrogens is 2. The van der Waals surface area contributed by atoms with Crippen molar-refractivity contribution < 1.29 is 32.4 Å². The number of furan rings is 1. The summed E-state index contributed by atoms with van der Waals surface area (Å²) in [5.74, 6) is 0.234. The number of amides is 2. The first-order chi connectivity index (χ1) is 20.5. The van der Waals surface area contributed by atoms with Crippen molar-refractivity contribution in [3.05, 3.63) is 83.8 Å². The lowest BCUT2D eigenvalue weighted by Crippen LogP contribution is -2.42. The first-order valence-corrected chi connectivity index (χ1v) is 13.6. The van der Waals surface area contributed by atoms with Crippen molar-refractivity contribution >= 4 is 22.8 Å². The quantitative estimate of drug-likeness (QED) is 0.212. The van der Waals surface area contributed by atoms with Crippen molar-refractivity contribution in [1.29, 1.82) is 0 Å². The van der Waals surface area contributed by atoms with Gasteiger partial charge in [-0.15, -0.1) is 0 Å². The van der Waals surface area contributed by atoms with Crippen LogP contribution >= 0.6 is 0 Å². The highest BCUT2D eigenvalue weighted by Crippen LogP contribution is 2.42. The van der Waals surface area contributed by atoms with Crippen molar-refractivity contribution in [1.82, 2.24) is 20.8 Å². The Kier molecular flexibility index (Phi) is 7.90. The van der Waals surface area contributed by atoms with Gasteiger partial charge in [0.1, 0.15) is 28.7 Å². The number of fused-ring (bicyclic) bond motifs is 1. The Morgan fingerprint density at radius 1 is 0.977 bits per heavy atom. The van der Waals surface area contributed by atoms with Crippen molar-refractivity contribution in [2.24, 2.45) is 0 Å². The van der Waals surface area contributed by atoms with Gasteiger partial charge < -0.3 is 29.0 Å². The van der Waals surface area contributed by atoms with Crippen molar-refractivity contribution in [3.8, 4) is 33.9 Å². The van der Waals surface area contributed by atoms with Gasteiger partial charge in [-0.1, -0.05) is 11.2 Å². The minimum absolute atomic E-state index is 0.196. The molecule has 0 saturated carbocycles. The Labute approximate surface area is 247 Å². The second-order valence-electron chi connectivity index (χ2n) is 10.7. The van der Waals surface area contributed by atoms with Gasteiger partial charge in [0.2, 0.25) is 6.39 Å². The van der Waals surface area contributed by atoms with Gasteiger partial charge in [0.25, 0.3) is 11.8 Å². The highest BCUT2D eigenvalue weighted by molar-refractivity contribution is 6.12. The third kappa shape index (κ3) is 5.78. The van der Waals surface area contributed by atoms with Crippen LogP contribution in [0.25, 0.3) is 33.4 Å². The van der Waals surface area contributed by atoms with Gasteiger partial charge in [-0.3, -0.25) is 9.59 Å². The standard InChI is InChI=1S/C32H31FN4O6/c1-17(2)42-25-15-26-22(27(30(39)34-5)28(43-26)18-7-10-20(33)11-8-18)14-21(25)19-9-12-24(40-6)23(13-19)29(38)36-32(3,4)31-35-16-41-37-31/h7-17H,1-6H3,(H,34,39)(H,36,38). The summed E-state index contributed by atoms with van der Waals surface area (Å²) in [5.41, 5.74) is 1.81. The van der Waals surface area contributed by atoms with Crippen molar-refractivity contribution in [2.45, 2.75) is 39.3 Å². The minimum atomic E-state index is -0.939. The average molecular weight is 587 g/mol. The number of benzene rings is 3. The zero-order valence-corrected chi connectivity index (χ0v) is 24.6. The highest BCUT2D eigenvalue weighted by atomic mass is 19.1. The number of carbonyl (C=O) groups excluding carboxylic acids is 2. The Morgan fingerprint density at radius 2 is 1.70 bits per heavy atom. The van der Waals surface area contributed by atoms with E-state index in [1.165, 1.54) is 32.7 Å². The summed E-state index contributed by atoms with van der Waals surface area (Å²) in [6.07, 6.45) is 0.999. The van der Waals surface area contributed by atoms with E-state index >= 15 is 0 Å². The molecule has 0 bridgehead atoms. The van der Waals surface area contributed by atoms with Crippen LogP contribution in [0.15, 0.2) is 69.9 Å². The molecule has 11 heteroatoms. The number of nitrogens with one attached hydrogen (secondary N) is 2. The van der Waals surface area contributed by atoms with E-state index in [9.17, 15) is 14.0 Å². The van der Waals surface area contributed by atoms with E-state index in [4.69, 9.17) is 18.4 Å². The SMILES string of the molecule is CNC(=O)c1c(-c2ccc(F)cc2)oc2cc(OC(C)C)c(-c3ccc(OC)c(C(=O)NC(C)(C)c4ncon4)c3)cc12. The molecule has 0 saturated heterocycles. The maximum absolute atomic E-state index is 13.7. The van der Waals surface area contributed by atoms with E-state index in [0.29, 0.717) is 50.7 Å². The lowest BCUT2D eigenvalue weighted by Gasteiger charge is -2.23. The number of ether oxygens (including phenoxy) is 2. The molecule has 10 nitrogen and oxygen atoms in total. The summed E-state index contributed by atoms with van der Waals surface area (Å²) in [4.78, 5) is 30.8. The summed E-state index contributed by atoms with van der Waals surface area (Å²) in [5, 5.41) is 9.98. The smallest absolute Gasteiger partial charge is 0.255 e. The lowest BCUT2D eigenvalue weighted by atomic mass is 9.97. The number of halogens is 1. The molecule has 0 radical (unpaired) electrons. The number of methoxy groups -OCH3 is 1. The molecule has 0 fully saturated rings. The zero-order chi connectivity index (χ0) is 30.9. The summed E-state index contributed by atoms with van der Waals surface area (Å²) < 4.78 is 36.4. The van der Waals surface area contributed by atoms with E-state index in [1.807, 2.05) is 13.8 Å². The molecule has 0 spiro atoms. The number of hydrogen-bond donors (Lipinski definition) is 2. The van der Waals surface area contributed by atoms with Crippen molar-refractivity contribution in [3.63, 3.8) is 0 Å². The molecule has 0 aliphatic carbocycles. The van der Waals surface area contributed by atoms with Crippen LogP contribution in [0.5, 0.6) is 11.5 Å². The van der Waals surface area contributed by atoms with Crippen LogP contribution in [0, 0.1) is 5.82 Å². The molecule has 2 aromatic heterocycles. The fourth-order valence-corrected chi connectivity index (χ4v) is 4.76. The third-order valence-electron chi connectivity index (χ3n) is 6.81. The van der Waals surface area contributed by atoms with Crippen molar-refractivity contribution in [2.75, 3.05) is 14.2 Å². The molecular formula is C32H31FN4O6. The molecule has 0 aliphatic rings. The number of carbonyl (C=O) groups is 2. The molecule has 0 atom stereocenters. The molecule has 2 amide bonds. The summed E-state index contributed by atoms with van der Waals surface area (Å²) in [6.45, 7) is 7.30. The molecular weight excluding hydrogens is 555 g/mol. The van der Waals surface area contributed by atoms with Gasteiger partial charge in [0.15, 0.2) is 5.82 Å². The summed E-state index contributed by atoms with van der Waals surface area (Å²) >= 11 is 0. The highest BCUT2D eigenvalue weighted by Gasteiger charge is 2.30. The zero-order valence-electron chi connectivity index (χ0n) is 24.6. The predicted octanol–water partition coefficient (Wildman–Crippen LogP) is 6.11. The van der Waals surface area contributed by atoms with Crippen LogP contribution in [-0.4, -0.2) is 42.2 Å². The fourth-order valence-electron chi connectivity index (χ4n) is 4.76.